The fourth-order valence-corrected chi connectivity index (χ4v) is 3.32. The summed E-state index contributed by atoms with van der Waals surface area (Å²) in [5, 5.41) is 2.90. The Labute approximate surface area is 164 Å². The molecule has 0 unspecified atom stereocenters. The lowest BCUT2D eigenvalue weighted by atomic mass is 9.96. The number of piperidine rings is 1. The number of ether oxygens (including phenoxy) is 1. The van der Waals surface area contributed by atoms with Crippen molar-refractivity contribution in [2.75, 3.05) is 26.2 Å². The Kier molecular flexibility index (Phi) is 6.63. The molecule has 0 bridgehead atoms. The second-order valence-corrected chi connectivity index (χ2v) is 7.07. The van der Waals surface area contributed by atoms with Crippen LogP contribution in [-0.2, 0) is 4.79 Å². The molecule has 0 atom stereocenters. The van der Waals surface area contributed by atoms with E-state index in [0.717, 1.165) is 18.4 Å². The number of nitrogens with one attached hydrogen (secondary N) is 1. The third kappa shape index (κ3) is 5.09. The summed E-state index contributed by atoms with van der Waals surface area (Å²) < 4.78 is 19.3. The molecule has 0 saturated carbocycles. The molecule has 1 saturated heterocycles. The van der Waals surface area contributed by atoms with Gasteiger partial charge >= 0.3 is 0 Å². The molecule has 3 rings (SSSR count). The van der Waals surface area contributed by atoms with E-state index in [0.29, 0.717) is 31.3 Å². The predicted molar refractivity (Wildman–Crippen MR) is 105 cm³/mol. The van der Waals surface area contributed by atoms with Gasteiger partial charge in [0.1, 0.15) is 11.6 Å². The molecule has 28 heavy (non-hydrogen) atoms. The highest BCUT2D eigenvalue weighted by Gasteiger charge is 2.25. The summed E-state index contributed by atoms with van der Waals surface area (Å²) in [6.45, 7) is 3.59. The summed E-state index contributed by atoms with van der Waals surface area (Å²) in [5.41, 5.74) is 1.10. The number of hydrogen-bond acceptors (Lipinski definition) is 3. The molecule has 2 amide bonds. The van der Waals surface area contributed by atoms with E-state index >= 15 is 0 Å². The van der Waals surface area contributed by atoms with Gasteiger partial charge in [0.25, 0.3) is 11.8 Å². The fourth-order valence-electron chi connectivity index (χ4n) is 3.32. The van der Waals surface area contributed by atoms with Crippen LogP contribution in [0.2, 0.25) is 0 Å². The number of hydrogen-bond donors (Lipinski definition) is 1. The lowest BCUT2D eigenvalue weighted by Gasteiger charge is -2.32. The number of para-hydroxylation sites is 1. The second kappa shape index (κ2) is 9.35. The standard InChI is InChI=1S/C22H25FN2O3/c1-16-6-2-5-9-20(16)28-15-21(26)24-14-17-10-12-25(13-11-17)22(27)18-7-3-4-8-19(18)23/h2-9,17H,10-15H2,1H3,(H,24,26). The summed E-state index contributed by atoms with van der Waals surface area (Å²) in [7, 11) is 0. The van der Waals surface area contributed by atoms with Gasteiger partial charge in [-0.3, -0.25) is 9.59 Å². The average molecular weight is 384 g/mol. The molecule has 148 valence electrons. The van der Waals surface area contributed by atoms with Crippen LogP contribution in [0.15, 0.2) is 48.5 Å². The lowest BCUT2D eigenvalue weighted by molar-refractivity contribution is -0.123. The predicted octanol–water partition coefficient (Wildman–Crippen LogP) is 3.18. The van der Waals surface area contributed by atoms with Gasteiger partial charge in [0, 0.05) is 19.6 Å². The molecular weight excluding hydrogens is 359 g/mol. The Bertz CT molecular complexity index is 832. The highest BCUT2D eigenvalue weighted by atomic mass is 19.1. The van der Waals surface area contributed by atoms with Gasteiger partial charge in [-0.15, -0.1) is 0 Å². The Balaban J connectivity index is 1.40. The molecule has 6 heteroatoms. The molecule has 0 spiro atoms. The van der Waals surface area contributed by atoms with Crippen LogP contribution in [0.5, 0.6) is 5.75 Å². The van der Waals surface area contributed by atoms with E-state index in [4.69, 9.17) is 4.74 Å². The summed E-state index contributed by atoms with van der Waals surface area (Å²) in [5.74, 6) is 0.0839. The number of rotatable bonds is 6. The van der Waals surface area contributed by atoms with Crippen molar-refractivity contribution in [2.45, 2.75) is 19.8 Å². The van der Waals surface area contributed by atoms with Crippen molar-refractivity contribution in [2.24, 2.45) is 5.92 Å². The third-order valence-corrected chi connectivity index (χ3v) is 5.05. The summed E-state index contributed by atoms with van der Waals surface area (Å²) >= 11 is 0. The minimum Gasteiger partial charge on any atom is -0.484 e. The summed E-state index contributed by atoms with van der Waals surface area (Å²) in [6.07, 6.45) is 1.55. The van der Waals surface area contributed by atoms with E-state index in [9.17, 15) is 14.0 Å². The van der Waals surface area contributed by atoms with Crippen LogP contribution in [-0.4, -0.2) is 43.0 Å². The molecule has 1 heterocycles. The van der Waals surface area contributed by atoms with Crippen molar-refractivity contribution in [3.05, 3.63) is 65.5 Å². The first-order chi connectivity index (χ1) is 13.5. The number of halogens is 1. The van der Waals surface area contributed by atoms with E-state index < -0.39 is 5.82 Å². The van der Waals surface area contributed by atoms with Crippen LogP contribution in [0, 0.1) is 18.7 Å². The molecule has 0 aromatic heterocycles. The van der Waals surface area contributed by atoms with Crippen LogP contribution in [0.25, 0.3) is 0 Å². The zero-order valence-corrected chi connectivity index (χ0v) is 16.0. The van der Waals surface area contributed by atoms with Crippen molar-refractivity contribution in [3.63, 3.8) is 0 Å². The highest BCUT2D eigenvalue weighted by molar-refractivity contribution is 5.94. The van der Waals surface area contributed by atoms with E-state index in [2.05, 4.69) is 5.32 Å². The van der Waals surface area contributed by atoms with Gasteiger partial charge in [-0.25, -0.2) is 4.39 Å². The number of carbonyl (C=O) groups excluding carboxylic acids is 2. The van der Waals surface area contributed by atoms with Crippen LogP contribution < -0.4 is 10.1 Å². The van der Waals surface area contributed by atoms with E-state index in [1.54, 1.807) is 17.0 Å². The molecule has 0 radical (unpaired) electrons. The van der Waals surface area contributed by atoms with Gasteiger partial charge in [0.05, 0.1) is 5.56 Å². The summed E-state index contributed by atoms with van der Waals surface area (Å²) in [4.78, 5) is 26.1. The average Bonchev–Trinajstić information content (AvgIpc) is 2.72. The fraction of sp³-hybridized carbons (Fsp3) is 0.364. The van der Waals surface area contributed by atoms with Gasteiger partial charge in [-0.2, -0.15) is 0 Å². The third-order valence-electron chi connectivity index (χ3n) is 5.05. The van der Waals surface area contributed by atoms with Crippen molar-refractivity contribution in [1.29, 1.82) is 0 Å². The minimum atomic E-state index is -0.490. The maximum absolute atomic E-state index is 13.8. The van der Waals surface area contributed by atoms with Crippen molar-refractivity contribution in [1.82, 2.24) is 10.2 Å². The number of nitrogens with zero attached hydrogens (tertiary/aromatic N) is 1. The Morgan fingerprint density at radius 2 is 1.79 bits per heavy atom. The highest BCUT2D eigenvalue weighted by Crippen LogP contribution is 2.20. The zero-order valence-electron chi connectivity index (χ0n) is 16.0. The smallest absolute Gasteiger partial charge is 0.257 e. The molecule has 1 fully saturated rings. The van der Waals surface area contributed by atoms with E-state index in [1.165, 1.54) is 12.1 Å². The van der Waals surface area contributed by atoms with Crippen LogP contribution in [0.3, 0.4) is 0 Å². The van der Waals surface area contributed by atoms with E-state index in [-0.39, 0.29) is 24.0 Å². The van der Waals surface area contributed by atoms with Crippen molar-refractivity contribution < 1.29 is 18.7 Å². The first-order valence-corrected chi connectivity index (χ1v) is 9.53. The molecule has 1 aliphatic heterocycles. The molecule has 2 aromatic carbocycles. The van der Waals surface area contributed by atoms with Crippen molar-refractivity contribution >= 4 is 11.8 Å². The molecule has 1 aliphatic rings. The van der Waals surface area contributed by atoms with Gasteiger partial charge in [-0.1, -0.05) is 30.3 Å². The quantitative estimate of drug-likeness (QED) is 0.832. The van der Waals surface area contributed by atoms with Gasteiger partial charge in [0.15, 0.2) is 6.61 Å². The first kappa shape index (κ1) is 19.9. The first-order valence-electron chi connectivity index (χ1n) is 9.53. The SMILES string of the molecule is Cc1ccccc1OCC(=O)NCC1CCN(C(=O)c2ccccc2F)CC1. The molecule has 5 nitrogen and oxygen atoms in total. The van der Waals surface area contributed by atoms with Gasteiger partial charge in [0.2, 0.25) is 0 Å². The normalized spacial score (nSPS) is 14.6. The number of amides is 2. The largest absolute Gasteiger partial charge is 0.484 e. The molecule has 0 aliphatic carbocycles. The van der Waals surface area contributed by atoms with Crippen molar-refractivity contribution in [3.8, 4) is 5.75 Å². The maximum atomic E-state index is 13.8. The lowest BCUT2D eigenvalue weighted by Crippen LogP contribution is -2.42. The van der Waals surface area contributed by atoms with E-state index in [1.807, 2.05) is 31.2 Å². The number of carbonyl (C=O) groups is 2. The minimum absolute atomic E-state index is 0.0184. The molecule has 2 aromatic rings. The zero-order chi connectivity index (χ0) is 19.9. The summed E-state index contributed by atoms with van der Waals surface area (Å²) in [6, 6.07) is 13.6. The monoisotopic (exact) mass is 384 g/mol. The van der Waals surface area contributed by atoms with Crippen LogP contribution in [0.1, 0.15) is 28.8 Å². The Hall–Kier alpha value is -2.89. The second-order valence-electron chi connectivity index (χ2n) is 7.07. The Morgan fingerprint density at radius 1 is 1.11 bits per heavy atom. The van der Waals surface area contributed by atoms with Gasteiger partial charge in [-0.05, 0) is 49.4 Å². The van der Waals surface area contributed by atoms with Crippen LogP contribution >= 0.6 is 0 Å². The molecular formula is C22H25FN2O3. The topological polar surface area (TPSA) is 58.6 Å². The number of benzene rings is 2. The van der Waals surface area contributed by atoms with Crippen LogP contribution in [0.4, 0.5) is 4.39 Å². The molecule has 1 N–H and O–H groups in total. The number of likely N-dealkylation sites (tertiary alicyclic amines) is 1. The Morgan fingerprint density at radius 3 is 2.50 bits per heavy atom. The number of aryl methyl sites for hydroxylation is 1. The van der Waals surface area contributed by atoms with Gasteiger partial charge < -0.3 is 15.0 Å². The maximum Gasteiger partial charge on any atom is 0.257 e.